The molecule has 1 saturated heterocycles. The van der Waals surface area contributed by atoms with Crippen molar-refractivity contribution in [3.63, 3.8) is 0 Å². The summed E-state index contributed by atoms with van der Waals surface area (Å²) >= 11 is 0. The van der Waals surface area contributed by atoms with Gasteiger partial charge in [-0.25, -0.2) is 0 Å². The Morgan fingerprint density at radius 2 is 1.88 bits per heavy atom. The van der Waals surface area contributed by atoms with Crippen LogP contribution in [0.4, 0.5) is 17.1 Å². The Hall–Kier alpha value is -3.42. The van der Waals surface area contributed by atoms with Crippen molar-refractivity contribution in [3.8, 4) is 0 Å². The van der Waals surface area contributed by atoms with Gasteiger partial charge in [-0.3, -0.25) is 19.4 Å². The van der Waals surface area contributed by atoms with Gasteiger partial charge >= 0.3 is 11.8 Å². The second kappa shape index (κ2) is 8.84. The Morgan fingerprint density at radius 3 is 2.67 bits per heavy atom. The van der Waals surface area contributed by atoms with E-state index in [1.165, 1.54) is 5.69 Å². The van der Waals surface area contributed by atoms with Crippen LogP contribution in [-0.2, 0) is 27.2 Å². The van der Waals surface area contributed by atoms with Gasteiger partial charge in [0, 0.05) is 49.4 Å². The van der Waals surface area contributed by atoms with Gasteiger partial charge in [-0.15, -0.1) is 0 Å². The lowest BCUT2D eigenvalue weighted by Crippen LogP contribution is -2.41. The zero-order chi connectivity index (χ0) is 22.9. The fourth-order valence-electron chi connectivity index (χ4n) is 5.18. The molecule has 33 heavy (non-hydrogen) atoms. The molecule has 3 aliphatic rings. The first kappa shape index (κ1) is 21.4. The first-order valence-electron chi connectivity index (χ1n) is 11.7. The number of pyridine rings is 1. The predicted molar refractivity (Wildman–Crippen MR) is 126 cm³/mol. The summed E-state index contributed by atoms with van der Waals surface area (Å²) in [4.78, 5) is 45.5. The van der Waals surface area contributed by atoms with Gasteiger partial charge in [0.2, 0.25) is 5.91 Å². The molecule has 1 fully saturated rings. The number of nitrogens with zero attached hydrogens (tertiary/aromatic N) is 3. The highest BCUT2D eigenvalue weighted by Gasteiger charge is 2.32. The number of nitrogens with one attached hydrogen (secondary N) is 2. The maximum atomic E-state index is 12.5. The number of aryl methyl sites for hydroxylation is 2. The number of anilines is 3. The van der Waals surface area contributed by atoms with E-state index in [1.807, 2.05) is 36.2 Å². The smallest absolute Gasteiger partial charge is 0.313 e. The Bertz CT molecular complexity index is 1110. The van der Waals surface area contributed by atoms with Crippen LogP contribution in [0.25, 0.3) is 0 Å². The molecular formula is C25H29N5O3. The van der Waals surface area contributed by atoms with E-state index in [1.54, 1.807) is 0 Å². The molecule has 2 aromatic rings. The molecule has 3 amide bonds. The molecule has 1 aromatic heterocycles. The van der Waals surface area contributed by atoms with Crippen LogP contribution in [0, 0.1) is 12.8 Å². The van der Waals surface area contributed by atoms with Crippen LogP contribution in [0.5, 0.6) is 0 Å². The van der Waals surface area contributed by atoms with E-state index in [0.717, 1.165) is 67.8 Å². The van der Waals surface area contributed by atoms with E-state index < -0.39 is 11.8 Å². The number of carbonyl (C=O) groups excluding carboxylic acids is 3. The van der Waals surface area contributed by atoms with E-state index in [2.05, 4.69) is 26.6 Å². The minimum Gasteiger partial charge on any atom is -0.371 e. The van der Waals surface area contributed by atoms with Gasteiger partial charge in [-0.2, -0.15) is 0 Å². The topological polar surface area (TPSA) is 94.6 Å². The molecule has 3 aliphatic heterocycles. The highest BCUT2D eigenvalue weighted by atomic mass is 16.2. The van der Waals surface area contributed by atoms with Crippen molar-refractivity contribution in [1.82, 2.24) is 10.3 Å². The van der Waals surface area contributed by atoms with E-state index in [9.17, 15) is 14.4 Å². The van der Waals surface area contributed by atoms with Crippen LogP contribution in [0.2, 0.25) is 0 Å². The highest BCUT2D eigenvalue weighted by molar-refractivity contribution is 6.39. The van der Waals surface area contributed by atoms with Crippen molar-refractivity contribution >= 4 is 34.8 Å². The molecule has 0 bridgehead atoms. The van der Waals surface area contributed by atoms with E-state index in [-0.39, 0.29) is 5.91 Å². The summed E-state index contributed by atoms with van der Waals surface area (Å²) in [5, 5.41) is 5.53. The first-order chi connectivity index (χ1) is 16.0. The van der Waals surface area contributed by atoms with Gasteiger partial charge in [0.25, 0.3) is 0 Å². The van der Waals surface area contributed by atoms with Gasteiger partial charge in [0.1, 0.15) is 0 Å². The highest BCUT2D eigenvalue weighted by Crippen LogP contribution is 2.38. The minimum absolute atomic E-state index is 0.109. The maximum Gasteiger partial charge on any atom is 0.313 e. The molecule has 0 unspecified atom stereocenters. The monoisotopic (exact) mass is 447 g/mol. The lowest BCUT2D eigenvalue weighted by Gasteiger charge is -2.33. The van der Waals surface area contributed by atoms with Gasteiger partial charge < -0.3 is 20.4 Å². The maximum absolute atomic E-state index is 12.5. The molecule has 8 nitrogen and oxygen atoms in total. The second-order valence-corrected chi connectivity index (χ2v) is 9.22. The van der Waals surface area contributed by atoms with Crippen LogP contribution >= 0.6 is 0 Å². The van der Waals surface area contributed by atoms with Crippen molar-refractivity contribution in [2.75, 3.05) is 41.3 Å². The fourth-order valence-corrected chi connectivity index (χ4v) is 5.18. The van der Waals surface area contributed by atoms with Crippen LogP contribution in [0.15, 0.2) is 30.5 Å². The largest absolute Gasteiger partial charge is 0.371 e. The predicted octanol–water partition coefficient (Wildman–Crippen LogP) is 2.20. The van der Waals surface area contributed by atoms with Crippen LogP contribution in [0.3, 0.4) is 0 Å². The van der Waals surface area contributed by atoms with Gasteiger partial charge in [-0.05, 0) is 73.9 Å². The molecule has 0 radical (unpaired) electrons. The molecule has 0 aliphatic carbocycles. The molecule has 0 spiro atoms. The first-order valence-corrected chi connectivity index (χ1v) is 11.7. The lowest BCUT2D eigenvalue weighted by atomic mass is 9.96. The van der Waals surface area contributed by atoms with Crippen LogP contribution < -0.4 is 20.4 Å². The summed E-state index contributed by atoms with van der Waals surface area (Å²) in [7, 11) is 0. The normalized spacial score (nSPS) is 17.7. The summed E-state index contributed by atoms with van der Waals surface area (Å²) in [6, 6.07) is 7.84. The number of hydrogen-bond acceptors (Lipinski definition) is 5. The Labute approximate surface area is 193 Å². The van der Waals surface area contributed by atoms with E-state index in [4.69, 9.17) is 0 Å². The molecule has 8 heteroatoms. The molecule has 5 rings (SSSR count). The summed E-state index contributed by atoms with van der Waals surface area (Å²) in [6.07, 6.45) is 5.90. The third-order valence-corrected chi connectivity index (χ3v) is 6.88. The summed E-state index contributed by atoms with van der Waals surface area (Å²) in [6.45, 7) is 5.08. The molecular weight excluding hydrogens is 418 g/mol. The van der Waals surface area contributed by atoms with Crippen molar-refractivity contribution in [1.29, 1.82) is 0 Å². The minimum atomic E-state index is -0.663. The molecule has 172 valence electrons. The molecule has 4 heterocycles. The number of piperidine rings is 1. The molecule has 1 aromatic carbocycles. The van der Waals surface area contributed by atoms with Crippen LogP contribution in [0.1, 0.15) is 36.1 Å². The average molecular weight is 448 g/mol. The SMILES string of the molecule is Cc1cc(N2CCC(CNC(=O)C(=O)Nc3cc4c5c(c3)CC(=O)N5CCC4)CC2)ccn1. The van der Waals surface area contributed by atoms with Gasteiger partial charge in [0.15, 0.2) is 0 Å². The Morgan fingerprint density at radius 1 is 1.09 bits per heavy atom. The fraction of sp³-hybridized carbons (Fsp3) is 0.440. The molecule has 0 atom stereocenters. The summed E-state index contributed by atoms with van der Waals surface area (Å²) in [5.74, 6) is -0.822. The van der Waals surface area contributed by atoms with E-state index >= 15 is 0 Å². The second-order valence-electron chi connectivity index (χ2n) is 9.22. The zero-order valence-electron chi connectivity index (χ0n) is 18.9. The number of amides is 3. The quantitative estimate of drug-likeness (QED) is 0.701. The Balaban J connectivity index is 1.12. The summed E-state index contributed by atoms with van der Waals surface area (Å²) in [5.41, 5.74) is 5.77. The zero-order valence-corrected chi connectivity index (χ0v) is 18.9. The van der Waals surface area contributed by atoms with Crippen molar-refractivity contribution in [2.24, 2.45) is 5.92 Å². The van der Waals surface area contributed by atoms with E-state index in [0.29, 0.717) is 24.6 Å². The van der Waals surface area contributed by atoms with Crippen molar-refractivity contribution in [2.45, 2.75) is 39.0 Å². The van der Waals surface area contributed by atoms with Crippen molar-refractivity contribution in [3.05, 3.63) is 47.3 Å². The number of rotatable bonds is 4. The van der Waals surface area contributed by atoms with Crippen molar-refractivity contribution < 1.29 is 14.4 Å². The molecule has 0 saturated carbocycles. The van der Waals surface area contributed by atoms with Gasteiger partial charge in [0.05, 0.1) is 12.1 Å². The number of carbonyl (C=O) groups is 3. The lowest BCUT2D eigenvalue weighted by molar-refractivity contribution is -0.136. The number of hydrogen-bond donors (Lipinski definition) is 2. The third-order valence-electron chi connectivity index (χ3n) is 6.88. The Kier molecular flexibility index (Phi) is 5.74. The third kappa shape index (κ3) is 4.42. The number of aromatic nitrogens is 1. The standard InChI is InChI=1S/C25H29N5O3/c1-16-11-21(4-7-26-16)29-9-5-17(6-10-29)15-27-24(32)25(33)28-20-12-18-3-2-8-30-22(31)14-19(13-20)23(18)30/h4,7,11-13,17H,2-3,5-6,8-10,14-15H2,1H3,(H,27,32)(H,28,33). The number of benzene rings is 1. The summed E-state index contributed by atoms with van der Waals surface area (Å²) < 4.78 is 0. The van der Waals surface area contributed by atoms with Crippen LogP contribution in [-0.4, -0.2) is 48.9 Å². The average Bonchev–Trinajstić information content (AvgIpc) is 3.14. The molecule has 2 N–H and O–H groups in total. The van der Waals surface area contributed by atoms with Gasteiger partial charge in [-0.1, -0.05) is 0 Å².